The summed E-state index contributed by atoms with van der Waals surface area (Å²) in [6.07, 6.45) is 7.65. The van der Waals surface area contributed by atoms with Gasteiger partial charge < -0.3 is 14.7 Å². The number of hydrogen-bond acceptors (Lipinski definition) is 3. The summed E-state index contributed by atoms with van der Waals surface area (Å²) in [7, 11) is 0. The number of carboxylic acid groups (broad SMARTS) is 1. The molecule has 5 nitrogen and oxygen atoms in total. The molecule has 1 fully saturated rings. The highest BCUT2D eigenvalue weighted by Gasteiger charge is 2.40. The zero-order valence-electron chi connectivity index (χ0n) is 15.1. The van der Waals surface area contributed by atoms with Crippen LogP contribution in [0.5, 0.6) is 0 Å². The van der Waals surface area contributed by atoms with Crippen molar-refractivity contribution < 1.29 is 19.4 Å². The lowest BCUT2D eigenvalue weighted by molar-refractivity contribution is -0.142. The summed E-state index contributed by atoms with van der Waals surface area (Å²) in [6.45, 7) is 8.43. The molecule has 5 heteroatoms. The van der Waals surface area contributed by atoms with Gasteiger partial charge in [0.25, 0.3) is 0 Å². The highest BCUT2D eigenvalue weighted by atomic mass is 16.6. The van der Waals surface area contributed by atoms with Crippen molar-refractivity contribution >= 4 is 12.1 Å². The Balaban J connectivity index is 2.45. The lowest BCUT2D eigenvalue weighted by atomic mass is 9.90. The van der Waals surface area contributed by atoms with Gasteiger partial charge in [0.15, 0.2) is 0 Å². The van der Waals surface area contributed by atoms with Crippen molar-refractivity contribution in [2.75, 3.05) is 13.1 Å². The Labute approximate surface area is 140 Å². The molecule has 1 aliphatic heterocycles. The monoisotopic (exact) mass is 327 g/mol. The van der Waals surface area contributed by atoms with Crippen LogP contribution in [-0.2, 0) is 9.53 Å². The maximum atomic E-state index is 12.1. The highest BCUT2D eigenvalue weighted by molar-refractivity contribution is 5.74. The second-order valence-electron chi connectivity index (χ2n) is 7.65. The second-order valence-corrected chi connectivity index (χ2v) is 7.65. The maximum Gasteiger partial charge on any atom is 0.410 e. The van der Waals surface area contributed by atoms with E-state index in [1.807, 2.05) is 20.8 Å². The molecule has 1 unspecified atom stereocenters. The van der Waals surface area contributed by atoms with Crippen LogP contribution in [0.15, 0.2) is 0 Å². The van der Waals surface area contributed by atoms with Crippen molar-refractivity contribution in [1.82, 2.24) is 4.90 Å². The first kappa shape index (κ1) is 19.8. The number of amides is 1. The average Bonchev–Trinajstić information content (AvgIpc) is 2.85. The van der Waals surface area contributed by atoms with E-state index in [0.29, 0.717) is 6.54 Å². The van der Waals surface area contributed by atoms with Crippen LogP contribution in [0, 0.1) is 11.8 Å². The molecule has 1 amide bonds. The number of carboxylic acids is 1. The third-order valence-corrected chi connectivity index (χ3v) is 4.34. The number of likely N-dealkylation sites (tertiary alicyclic amines) is 1. The van der Waals surface area contributed by atoms with Gasteiger partial charge >= 0.3 is 12.1 Å². The zero-order chi connectivity index (χ0) is 17.5. The fourth-order valence-electron chi connectivity index (χ4n) is 3.11. The molecule has 1 aliphatic rings. The van der Waals surface area contributed by atoms with E-state index in [4.69, 9.17) is 4.74 Å². The van der Waals surface area contributed by atoms with E-state index >= 15 is 0 Å². The van der Waals surface area contributed by atoms with Gasteiger partial charge in [-0.1, -0.05) is 45.4 Å². The molecule has 1 N–H and O–H groups in total. The number of unbranched alkanes of at least 4 members (excludes halogenated alkanes) is 5. The molecule has 2 atom stereocenters. The van der Waals surface area contributed by atoms with Crippen LogP contribution in [0.1, 0.15) is 72.6 Å². The molecule has 0 saturated carbocycles. The van der Waals surface area contributed by atoms with E-state index in [9.17, 15) is 14.7 Å². The number of aliphatic carboxylic acids is 1. The second kappa shape index (κ2) is 9.14. The third-order valence-electron chi connectivity index (χ3n) is 4.34. The van der Waals surface area contributed by atoms with Gasteiger partial charge in [0, 0.05) is 13.1 Å². The number of carbonyl (C=O) groups is 2. The minimum Gasteiger partial charge on any atom is -0.481 e. The normalized spacial score (nSPS) is 21.5. The van der Waals surface area contributed by atoms with Crippen molar-refractivity contribution in [3.63, 3.8) is 0 Å². The van der Waals surface area contributed by atoms with E-state index in [-0.39, 0.29) is 12.5 Å². The Kier molecular flexibility index (Phi) is 7.86. The molecule has 1 rings (SSSR count). The van der Waals surface area contributed by atoms with Crippen LogP contribution in [0.3, 0.4) is 0 Å². The Morgan fingerprint density at radius 1 is 1.09 bits per heavy atom. The predicted octanol–water partition coefficient (Wildman–Crippen LogP) is 4.30. The van der Waals surface area contributed by atoms with Crippen molar-refractivity contribution in [3.8, 4) is 0 Å². The smallest absolute Gasteiger partial charge is 0.410 e. The molecule has 0 aromatic carbocycles. The molecular weight excluding hydrogens is 294 g/mol. The van der Waals surface area contributed by atoms with Crippen molar-refractivity contribution in [2.45, 2.75) is 78.2 Å². The van der Waals surface area contributed by atoms with Gasteiger partial charge in [-0.3, -0.25) is 4.79 Å². The summed E-state index contributed by atoms with van der Waals surface area (Å²) in [4.78, 5) is 25.2. The molecule has 0 bridgehead atoms. The third kappa shape index (κ3) is 7.23. The number of carbonyl (C=O) groups excluding carboxylic acids is 1. The minimum absolute atomic E-state index is 0.0474. The van der Waals surface area contributed by atoms with Crippen LogP contribution in [0.2, 0.25) is 0 Å². The SMILES string of the molecule is CCCCCCCC[C@@H]1CN(C(=O)OC(C)(C)C)CC1C(=O)O. The van der Waals surface area contributed by atoms with E-state index in [2.05, 4.69) is 6.92 Å². The Bertz CT molecular complexity index is 389. The molecule has 0 aromatic rings. The van der Waals surface area contributed by atoms with Crippen molar-refractivity contribution in [2.24, 2.45) is 11.8 Å². The Morgan fingerprint density at radius 2 is 1.70 bits per heavy atom. The van der Waals surface area contributed by atoms with Crippen molar-refractivity contribution in [1.29, 1.82) is 0 Å². The predicted molar refractivity (Wildman–Crippen MR) is 90.4 cm³/mol. The van der Waals surface area contributed by atoms with Gasteiger partial charge in [-0.15, -0.1) is 0 Å². The first-order chi connectivity index (χ1) is 10.7. The summed E-state index contributed by atoms with van der Waals surface area (Å²) in [5, 5.41) is 9.41. The Morgan fingerprint density at radius 3 is 2.26 bits per heavy atom. The summed E-state index contributed by atoms with van der Waals surface area (Å²) < 4.78 is 5.36. The standard InChI is InChI=1S/C18H33NO4/c1-5-6-7-8-9-10-11-14-12-19(13-15(14)16(20)21)17(22)23-18(2,3)4/h14-15H,5-13H2,1-4H3,(H,20,21)/t14-,15?/m1/s1. The van der Waals surface area contributed by atoms with Gasteiger partial charge in [-0.05, 0) is 33.1 Å². The summed E-state index contributed by atoms with van der Waals surface area (Å²) in [5.41, 5.74) is -0.548. The van der Waals surface area contributed by atoms with Crippen LogP contribution in [-0.4, -0.2) is 40.8 Å². The first-order valence-electron chi connectivity index (χ1n) is 8.95. The van der Waals surface area contributed by atoms with Crippen LogP contribution >= 0.6 is 0 Å². The number of ether oxygens (including phenoxy) is 1. The van der Waals surface area contributed by atoms with E-state index in [1.165, 1.54) is 25.7 Å². The maximum absolute atomic E-state index is 12.1. The van der Waals surface area contributed by atoms with Gasteiger partial charge in [0.2, 0.25) is 0 Å². The average molecular weight is 327 g/mol. The molecule has 0 aromatic heterocycles. The molecule has 1 heterocycles. The summed E-state index contributed by atoms with van der Waals surface area (Å²) in [5.74, 6) is -1.21. The molecule has 23 heavy (non-hydrogen) atoms. The van der Waals surface area contributed by atoms with Crippen LogP contribution in [0.25, 0.3) is 0 Å². The first-order valence-corrected chi connectivity index (χ1v) is 8.95. The van der Waals surface area contributed by atoms with E-state index < -0.39 is 23.6 Å². The van der Waals surface area contributed by atoms with Gasteiger partial charge in [-0.25, -0.2) is 4.79 Å². The molecule has 0 spiro atoms. The molecule has 0 aliphatic carbocycles. The Hall–Kier alpha value is -1.26. The molecule has 1 saturated heterocycles. The zero-order valence-corrected chi connectivity index (χ0v) is 15.1. The summed E-state index contributed by atoms with van der Waals surface area (Å²) >= 11 is 0. The lowest BCUT2D eigenvalue weighted by Crippen LogP contribution is -2.35. The van der Waals surface area contributed by atoms with Crippen LogP contribution < -0.4 is 0 Å². The van der Waals surface area contributed by atoms with Crippen LogP contribution in [0.4, 0.5) is 4.79 Å². The largest absolute Gasteiger partial charge is 0.481 e. The highest BCUT2D eigenvalue weighted by Crippen LogP contribution is 2.29. The number of hydrogen-bond donors (Lipinski definition) is 1. The quantitative estimate of drug-likeness (QED) is 0.675. The topological polar surface area (TPSA) is 66.8 Å². The fraction of sp³-hybridized carbons (Fsp3) is 0.889. The number of rotatable bonds is 8. The lowest BCUT2D eigenvalue weighted by Gasteiger charge is -2.24. The van der Waals surface area contributed by atoms with Gasteiger partial charge in [0.1, 0.15) is 5.60 Å². The molecule has 0 radical (unpaired) electrons. The minimum atomic E-state index is -0.799. The number of nitrogens with zero attached hydrogens (tertiary/aromatic N) is 1. The van der Waals surface area contributed by atoms with Crippen molar-refractivity contribution in [3.05, 3.63) is 0 Å². The molecule has 134 valence electrons. The molecular formula is C18H33NO4. The fourth-order valence-corrected chi connectivity index (χ4v) is 3.11. The van der Waals surface area contributed by atoms with Gasteiger partial charge in [-0.2, -0.15) is 0 Å². The summed E-state index contributed by atoms with van der Waals surface area (Å²) in [6, 6.07) is 0. The van der Waals surface area contributed by atoms with E-state index in [0.717, 1.165) is 19.3 Å². The van der Waals surface area contributed by atoms with Gasteiger partial charge in [0.05, 0.1) is 5.92 Å². The van der Waals surface area contributed by atoms with E-state index in [1.54, 1.807) is 4.90 Å².